The molecule has 0 aliphatic heterocycles. The van der Waals surface area contributed by atoms with Gasteiger partial charge in [-0.25, -0.2) is 0 Å². The van der Waals surface area contributed by atoms with E-state index in [0.717, 1.165) is 4.47 Å². The molecule has 0 aliphatic carbocycles. The molecule has 0 unspecified atom stereocenters. The Labute approximate surface area is 114 Å². The van der Waals surface area contributed by atoms with Gasteiger partial charge in [0.1, 0.15) is 0 Å². The molecule has 0 saturated heterocycles. The standard InChI is InChI=1S/C9H8BrISe2/c1-12-9(11)6-13-8-4-2-7(10)3-5-8/h2-6H,1H3/b9-6-. The Kier molecular flexibility index (Phi) is 6.28. The number of benzene rings is 1. The van der Waals surface area contributed by atoms with E-state index in [9.17, 15) is 0 Å². The molecule has 4 heteroatoms. The van der Waals surface area contributed by atoms with E-state index in [2.05, 4.69) is 73.6 Å². The first-order valence-electron chi connectivity index (χ1n) is 3.54. The van der Waals surface area contributed by atoms with Crippen molar-refractivity contribution in [3.63, 3.8) is 0 Å². The minimum absolute atomic E-state index is 0.509. The molecule has 13 heavy (non-hydrogen) atoms. The number of hydrogen-bond donors (Lipinski definition) is 0. The van der Waals surface area contributed by atoms with Crippen molar-refractivity contribution in [2.75, 3.05) is 0 Å². The Morgan fingerprint density at radius 1 is 1.38 bits per heavy atom. The van der Waals surface area contributed by atoms with E-state index in [4.69, 9.17) is 0 Å². The molecule has 0 bridgehead atoms. The predicted molar refractivity (Wildman–Crippen MR) is 73.3 cm³/mol. The molecule has 0 heterocycles. The maximum atomic E-state index is 3.43. The van der Waals surface area contributed by atoms with Crippen LogP contribution >= 0.6 is 38.5 Å². The van der Waals surface area contributed by atoms with Crippen molar-refractivity contribution in [2.45, 2.75) is 5.82 Å². The summed E-state index contributed by atoms with van der Waals surface area (Å²) in [6.45, 7) is 0. The molecule has 0 saturated carbocycles. The summed E-state index contributed by atoms with van der Waals surface area (Å²) in [4.78, 5) is 2.37. The summed E-state index contributed by atoms with van der Waals surface area (Å²) < 4.78 is 4.12. The zero-order valence-corrected chi connectivity index (χ0v) is 14.1. The van der Waals surface area contributed by atoms with Gasteiger partial charge in [-0.3, -0.25) is 0 Å². The van der Waals surface area contributed by atoms with Crippen LogP contribution in [0.2, 0.25) is 5.82 Å². The third kappa shape index (κ3) is 5.01. The summed E-state index contributed by atoms with van der Waals surface area (Å²) in [7, 11) is 0. The van der Waals surface area contributed by atoms with E-state index in [0.29, 0.717) is 29.9 Å². The minimum atomic E-state index is 0.509. The van der Waals surface area contributed by atoms with Crippen molar-refractivity contribution in [3.8, 4) is 0 Å². The Balaban J connectivity index is 2.60. The molecule has 0 aromatic heterocycles. The molecule has 1 aromatic carbocycles. The maximum absolute atomic E-state index is 3.43. The van der Waals surface area contributed by atoms with Crippen molar-refractivity contribution in [1.29, 1.82) is 0 Å². The van der Waals surface area contributed by atoms with Crippen LogP contribution in [0.4, 0.5) is 0 Å². The van der Waals surface area contributed by atoms with E-state index in [1.54, 1.807) is 0 Å². The summed E-state index contributed by atoms with van der Waals surface area (Å²) in [6.07, 6.45) is 0. The molecule has 0 atom stereocenters. The van der Waals surface area contributed by atoms with E-state index < -0.39 is 0 Å². The van der Waals surface area contributed by atoms with Crippen LogP contribution in [-0.4, -0.2) is 29.9 Å². The molecule has 0 amide bonds. The van der Waals surface area contributed by atoms with Crippen LogP contribution in [0.1, 0.15) is 0 Å². The molecule has 0 aliphatic rings. The van der Waals surface area contributed by atoms with Crippen LogP contribution in [-0.2, 0) is 0 Å². The van der Waals surface area contributed by atoms with Gasteiger partial charge in [-0.15, -0.1) is 0 Å². The predicted octanol–water partition coefficient (Wildman–Crippen LogP) is 2.76. The van der Waals surface area contributed by atoms with Crippen LogP contribution in [0, 0.1) is 0 Å². The quantitative estimate of drug-likeness (QED) is 0.461. The molecule has 0 radical (unpaired) electrons. The van der Waals surface area contributed by atoms with Crippen molar-refractivity contribution < 1.29 is 0 Å². The summed E-state index contributed by atoms with van der Waals surface area (Å²) in [6, 6.07) is 8.59. The average Bonchev–Trinajstić information content (AvgIpc) is 2.16. The number of hydrogen-bond acceptors (Lipinski definition) is 0. The molecule has 0 N–H and O–H groups in total. The fourth-order valence-electron chi connectivity index (χ4n) is 0.676. The van der Waals surface area contributed by atoms with E-state index in [1.807, 2.05) is 0 Å². The van der Waals surface area contributed by atoms with Crippen LogP contribution in [0.25, 0.3) is 0 Å². The Bertz CT molecular complexity index is 295. The van der Waals surface area contributed by atoms with Gasteiger partial charge in [0.05, 0.1) is 0 Å². The molecule has 1 rings (SSSR count). The number of halogens is 2. The van der Waals surface area contributed by atoms with E-state index in [-0.39, 0.29) is 0 Å². The SMILES string of the molecule is C[Se]/C(I)=C\[Se]c1ccc(Br)cc1. The first-order chi connectivity index (χ1) is 6.22. The molecule has 0 nitrogen and oxygen atoms in total. The third-order valence-electron chi connectivity index (χ3n) is 1.30. The summed E-state index contributed by atoms with van der Waals surface area (Å²) in [5.41, 5.74) is 0. The van der Waals surface area contributed by atoms with Crippen molar-refractivity contribution in [2.24, 2.45) is 0 Å². The fourth-order valence-corrected chi connectivity index (χ4v) is 4.47. The fraction of sp³-hybridized carbons (Fsp3) is 0.111. The number of rotatable bonds is 3. The van der Waals surface area contributed by atoms with Crippen LogP contribution in [0.15, 0.2) is 36.2 Å². The molecule has 70 valence electrons. The zero-order valence-electron chi connectivity index (χ0n) is 6.96. The topological polar surface area (TPSA) is 0 Å². The molecular formula is C9H8BrISe2. The van der Waals surface area contributed by atoms with Gasteiger partial charge in [0, 0.05) is 0 Å². The van der Waals surface area contributed by atoms with Crippen LogP contribution in [0.5, 0.6) is 0 Å². The van der Waals surface area contributed by atoms with Crippen LogP contribution in [0.3, 0.4) is 0 Å². The van der Waals surface area contributed by atoms with Gasteiger partial charge in [-0.2, -0.15) is 0 Å². The van der Waals surface area contributed by atoms with Crippen LogP contribution < -0.4 is 4.46 Å². The first-order valence-corrected chi connectivity index (χ1v) is 9.83. The normalized spacial score (nSPS) is 11.8. The zero-order chi connectivity index (χ0) is 9.68. The van der Waals surface area contributed by atoms with Crippen molar-refractivity contribution >= 4 is 72.9 Å². The Morgan fingerprint density at radius 2 is 2.00 bits per heavy atom. The molecule has 1 aromatic rings. The van der Waals surface area contributed by atoms with Gasteiger partial charge < -0.3 is 0 Å². The van der Waals surface area contributed by atoms with Gasteiger partial charge >= 0.3 is 115 Å². The second-order valence-electron chi connectivity index (χ2n) is 2.20. The van der Waals surface area contributed by atoms with Gasteiger partial charge in [0.2, 0.25) is 0 Å². The monoisotopic (exact) mass is 482 g/mol. The molecular weight excluding hydrogens is 473 g/mol. The molecule has 0 fully saturated rings. The molecule has 0 spiro atoms. The third-order valence-corrected chi connectivity index (χ3v) is 9.08. The van der Waals surface area contributed by atoms with Gasteiger partial charge in [0.15, 0.2) is 0 Å². The van der Waals surface area contributed by atoms with Gasteiger partial charge in [-0.1, -0.05) is 0 Å². The van der Waals surface area contributed by atoms with Gasteiger partial charge in [-0.05, 0) is 0 Å². The van der Waals surface area contributed by atoms with Crippen molar-refractivity contribution in [1.82, 2.24) is 0 Å². The average molecular weight is 481 g/mol. The van der Waals surface area contributed by atoms with E-state index >= 15 is 0 Å². The summed E-state index contributed by atoms with van der Waals surface area (Å²) >= 11 is 7.04. The second-order valence-corrected chi connectivity index (χ2v) is 9.68. The first kappa shape index (κ1) is 12.3. The summed E-state index contributed by atoms with van der Waals surface area (Å²) in [5, 5.41) is 0. The Hall–Kier alpha value is 1.21. The summed E-state index contributed by atoms with van der Waals surface area (Å²) in [5.74, 6) is 2.25. The Morgan fingerprint density at radius 3 is 2.54 bits per heavy atom. The van der Waals surface area contributed by atoms with Gasteiger partial charge in [0.25, 0.3) is 0 Å². The second kappa shape index (κ2) is 6.65. The van der Waals surface area contributed by atoms with E-state index in [1.165, 1.54) is 6.94 Å². The van der Waals surface area contributed by atoms with Crippen molar-refractivity contribution in [3.05, 3.63) is 36.2 Å².